The van der Waals surface area contributed by atoms with Crippen molar-refractivity contribution in [3.05, 3.63) is 57.0 Å². The summed E-state index contributed by atoms with van der Waals surface area (Å²) >= 11 is 18.9. The van der Waals surface area contributed by atoms with Gasteiger partial charge in [-0.05, 0) is 55.7 Å². The number of nitrogens with zero attached hydrogens (tertiary/aromatic N) is 2. The number of carbonyl (C=O) groups excluding carboxylic acids is 1. The molecule has 2 saturated heterocycles. The first-order valence-electron chi connectivity index (χ1n) is 11.9. The smallest absolute Gasteiger partial charge is 0.225 e. The van der Waals surface area contributed by atoms with Crippen molar-refractivity contribution in [3.8, 4) is 0 Å². The molecule has 0 aliphatic carbocycles. The van der Waals surface area contributed by atoms with Crippen molar-refractivity contribution in [2.75, 3.05) is 49.5 Å². The van der Waals surface area contributed by atoms with Crippen LogP contribution >= 0.6 is 34.8 Å². The first-order chi connectivity index (χ1) is 16.9. The quantitative estimate of drug-likeness (QED) is 0.416. The lowest BCUT2D eigenvalue weighted by Gasteiger charge is -2.38. The van der Waals surface area contributed by atoms with Gasteiger partial charge >= 0.3 is 0 Å². The van der Waals surface area contributed by atoms with E-state index in [2.05, 4.69) is 21.8 Å². The van der Waals surface area contributed by atoms with E-state index in [0.29, 0.717) is 41.3 Å². The third-order valence-corrected chi connectivity index (χ3v) is 7.62. The Bertz CT molecular complexity index is 1030. The summed E-state index contributed by atoms with van der Waals surface area (Å²) in [6.45, 7) is 5.54. The van der Waals surface area contributed by atoms with Crippen LogP contribution in [0, 0.1) is 5.92 Å². The highest BCUT2D eigenvalue weighted by Crippen LogP contribution is 2.34. The number of ether oxygens (including phenoxy) is 1. The number of nitrogens with one attached hydrogen (secondary N) is 2. The molecular weight excluding hydrogens is 511 g/mol. The van der Waals surface area contributed by atoms with Crippen LogP contribution in [0.15, 0.2) is 36.4 Å². The van der Waals surface area contributed by atoms with Crippen LogP contribution in [0.4, 0.5) is 11.4 Å². The van der Waals surface area contributed by atoms with E-state index in [1.165, 1.54) is 0 Å². The molecule has 2 fully saturated rings. The molecule has 10 heteroatoms. The van der Waals surface area contributed by atoms with Gasteiger partial charge in [-0.2, -0.15) is 0 Å². The zero-order valence-corrected chi connectivity index (χ0v) is 21.9. The molecule has 1 unspecified atom stereocenters. The van der Waals surface area contributed by atoms with Crippen molar-refractivity contribution in [1.82, 2.24) is 10.4 Å². The molecule has 0 bridgehead atoms. The fourth-order valence-corrected chi connectivity index (χ4v) is 5.52. The van der Waals surface area contributed by atoms with Crippen molar-refractivity contribution in [3.63, 3.8) is 0 Å². The van der Waals surface area contributed by atoms with Crippen LogP contribution in [-0.2, 0) is 9.53 Å². The minimum Gasteiger partial charge on any atom is -0.377 e. The molecule has 2 aliphatic rings. The predicted molar refractivity (Wildman–Crippen MR) is 141 cm³/mol. The first kappa shape index (κ1) is 26.3. The molecule has 3 N–H and O–H groups in total. The third kappa shape index (κ3) is 6.53. The van der Waals surface area contributed by atoms with Gasteiger partial charge in [-0.15, -0.1) is 0 Å². The average molecular weight is 542 g/mol. The van der Waals surface area contributed by atoms with Crippen LogP contribution in [0.5, 0.6) is 0 Å². The second kappa shape index (κ2) is 12.0. The van der Waals surface area contributed by atoms with Gasteiger partial charge in [0, 0.05) is 54.4 Å². The Hall–Kier alpha value is -1.74. The first-order valence-corrected chi connectivity index (χ1v) is 13.0. The molecule has 4 rings (SSSR count). The maximum absolute atomic E-state index is 13.1. The van der Waals surface area contributed by atoms with Crippen molar-refractivity contribution in [2.24, 2.45) is 5.92 Å². The zero-order chi connectivity index (χ0) is 24.9. The Morgan fingerprint density at radius 2 is 1.89 bits per heavy atom. The monoisotopic (exact) mass is 540 g/mol. The number of hydroxylamine groups is 1. The fraction of sp³-hybridized carbons (Fsp3) is 0.480. The van der Waals surface area contributed by atoms with Gasteiger partial charge in [0.2, 0.25) is 5.91 Å². The Morgan fingerprint density at radius 1 is 1.11 bits per heavy atom. The second-order valence-corrected chi connectivity index (χ2v) is 10.3. The van der Waals surface area contributed by atoms with Gasteiger partial charge in [-0.25, -0.2) is 5.48 Å². The predicted octanol–water partition coefficient (Wildman–Crippen LogP) is 5.24. The van der Waals surface area contributed by atoms with E-state index < -0.39 is 0 Å². The van der Waals surface area contributed by atoms with Gasteiger partial charge in [-0.3, -0.25) is 4.79 Å². The fourth-order valence-electron chi connectivity index (χ4n) is 4.77. The van der Waals surface area contributed by atoms with E-state index in [1.54, 1.807) is 6.07 Å². The number of anilines is 2. The molecule has 2 aromatic rings. The highest BCUT2D eigenvalue weighted by atomic mass is 35.5. The SMILES string of the molecule is CC(Nc1cc(N2CCC(C(=O)N3CCO[C@@H](CNO)C3)CC2)ccc1Cl)c1ccc(Cl)cc1Cl. The molecule has 0 radical (unpaired) electrons. The van der Waals surface area contributed by atoms with Gasteiger partial charge in [0.1, 0.15) is 0 Å². The topological polar surface area (TPSA) is 77.1 Å². The molecule has 0 aromatic heterocycles. The van der Waals surface area contributed by atoms with Crippen molar-refractivity contribution >= 4 is 52.1 Å². The molecule has 2 heterocycles. The standard InChI is InChI=1S/C25H31Cl3N4O3/c1-16(21-4-2-18(26)12-23(21)28)30-24-13-19(3-5-22(24)27)31-8-6-17(7-9-31)25(33)32-10-11-35-20(15-32)14-29-34/h2-5,12-13,16-17,20,29-30,34H,6-11,14-15H2,1H3/t16?,20-/m0/s1. The Kier molecular flexibility index (Phi) is 9.02. The Labute approximate surface area is 221 Å². The highest BCUT2D eigenvalue weighted by Gasteiger charge is 2.32. The number of carbonyl (C=O) groups is 1. The summed E-state index contributed by atoms with van der Waals surface area (Å²) in [6, 6.07) is 11.4. The third-order valence-electron chi connectivity index (χ3n) is 6.73. The number of halogens is 3. The molecule has 35 heavy (non-hydrogen) atoms. The molecule has 2 aromatic carbocycles. The van der Waals surface area contributed by atoms with E-state index >= 15 is 0 Å². The average Bonchev–Trinajstić information content (AvgIpc) is 2.85. The van der Waals surface area contributed by atoms with E-state index in [4.69, 9.17) is 44.7 Å². The summed E-state index contributed by atoms with van der Waals surface area (Å²) in [4.78, 5) is 17.2. The summed E-state index contributed by atoms with van der Waals surface area (Å²) in [5.41, 5.74) is 4.98. The largest absolute Gasteiger partial charge is 0.377 e. The summed E-state index contributed by atoms with van der Waals surface area (Å²) in [5, 5.41) is 14.2. The van der Waals surface area contributed by atoms with Crippen molar-refractivity contribution in [2.45, 2.75) is 31.9 Å². The van der Waals surface area contributed by atoms with Gasteiger partial charge in [0.25, 0.3) is 0 Å². The van der Waals surface area contributed by atoms with E-state index in [1.807, 2.05) is 36.1 Å². The summed E-state index contributed by atoms with van der Waals surface area (Å²) < 4.78 is 5.59. The summed E-state index contributed by atoms with van der Waals surface area (Å²) in [7, 11) is 0. The van der Waals surface area contributed by atoms with E-state index in [0.717, 1.165) is 42.9 Å². The summed E-state index contributed by atoms with van der Waals surface area (Å²) in [5.74, 6) is 0.187. The molecule has 0 saturated carbocycles. The number of hydrogen-bond donors (Lipinski definition) is 3. The zero-order valence-electron chi connectivity index (χ0n) is 19.6. The van der Waals surface area contributed by atoms with Gasteiger partial charge in [-0.1, -0.05) is 40.9 Å². The van der Waals surface area contributed by atoms with Crippen LogP contribution in [0.1, 0.15) is 31.4 Å². The van der Waals surface area contributed by atoms with Crippen LogP contribution in [-0.4, -0.2) is 61.4 Å². The number of piperidine rings is 1. The number of rotatable bonds is 7. The highest BCUT2D eigenvalue weighted by molar-refractivity contribution is 6.35. The maximum atomic E-state index is 13.1. The summed E-state index contributed by atoms with van der Waals surface area (Å²) in [6.07, 6.45) is 1.41. The normalized spacial score (nSPS) is 20.1. The van der Waals surface area contributed by atoms with Crippen LogP contribution in [0.2, 0.25) is 15.1 Å². The maximum Gasteiger partial charge on any atom is 0.225 e. The number of morpholine rings is 1. The minimum absolute atomic E-state index is 0.00375. The molecular formula is C25H31Cl3N4O3. The van der Waals surface area contributed by atoms with Crippen LogP contribution in [0.3, 0.4) is 0 Å². The lowest BCUT2D eigenvalue weighted by atomic mass is 9.94. The second-order valence-electron chi connectivity index (χ2n) is 9.10. The molecule has 190 valence electrons. The van der Waals surface area contributed by atoms with Gasteiger partial charge in [0.05, 0.1) is 29.5 Å². The Balaban J connectivity index is 1.37. The lowest BCUT2D eigenvalue weighted by Crippen LogP contribution is -2.51. The van der Waals surface area contributed by atoms with Gasteiger partial charge in [0.15, 0.2) is 0 Å². The van der Waals surface area contributed by atoms with E-state index in [9.17, 15) is 4.79 Å². The molecule has 0 spiro atoms. The molecule has 2 atom stereocenters. The van der Waals surface area contributed by atoms with Crippen LogP contribution in [0.25, 0.3) is 0 Å². The lowest BCUT2D eigenvalue weighted by molar-refractivity contribution is -0.144. The number of hydrogen-bond acceptors (Lipinski definition) is 6. The Morgan fingerprint density at radius 3 is 2.60 bits per heavy atom. The van der Waals surface area contributed by atoms with Crippen molar-refractivity contribution < 1.29 is 14.7 Å². The molecule has 2 aliphatic heterocycles. The number of benzene rings is 2. The van der Waals surface area contributed by atoms with E-state index in [-0.39, 0.29) is 24.0 Å². The minimum atomic E-state index is -0.178. The number of amides is 1. The van der Waals surface area contributed by atoms with Crippen molar-refractivity contribution in [1.29, 1.82) is 0 Å². The molecule has 1 amide bonds. The van der Waals surface area contributed by atoms with Gasteiger partial charge < -0.3 is 25.1 Å². The van der Waals surface area contributed by atoms with Crippen LogP contribution < -0.4 is 15.7 Å². The molecule has 7 nitrogen and oxygen atoms in total.